The van der Waals surface area contributed by atoms with E-state index in [1.165, 1.54) is 0 Å². The summed E-state index contributed by atoms with van der Waals surface area (Å²) in [7, 11) is 1.81. The summed E-state index contributed by atoms with van der Waals surface area (Å²) in [5, 5.41) is 11.4. The zero-order valence-corrected chi connectivity index (χ0v) is 12.5. The van der Waals surface area contributed by atoms with Crippen molar-refractivity contribution in [2.75, 3.05) is 6.54 Å². The lowest BCUT2D eigenvalue weighted by molar-refractivity contribution is -0.184. The van der Waals surface area contributed by atoms with E-state index < -0.39 is 12.1 Å². The van der Waals surface area contributed by atoms with Crippen LogP contribution in [0.25, 0.3) is 0 Å². The number of alkyl halides is 3. The number of hydrogen-bond acceptors (Lipinski definition) is 3. The molecule has 1 aromatic rings. The molecule has 0 aliphatic heterocycles. The third-order valence-corrected chi connectivity index (χ3v) is 4.35. The molecule has 1 aliphatic carbocycles. The normalized spacial score (nSPS) is 25.0. The number of nitrogens with one attached hydrogen (secondary N) is 1. The average molecular weight is 304 g/mol. The van der Waals surface area contributed by atoms with E-state index in [0.717, 1.165) is 18.7 Å². The highest BCUT2D eigenvalue weighted by atomic mass is 19.4. The molecule has 0 radical (unpaired) electrons. The van der Waals surface area contributed by atoms with E-state index in [-0.39, 0.29) is 24.8 Å². The molecule has 0 amide bonds. The lowest BCUT2D eigenvalue weighted by atomic mass is 9.77. The van der Waals surface area contributed by atoms with Crippen LogP contribution in [0.3, 0.4) is 0 Å². The van der Waals surface area contributed by atoms with E-state index in [1.54, 1.807) is 4.68 Å². The SMILES string of the molecule is CCNC(Cc1cn(C)nn1)C1CCC(C(F)(F)F)CC1. The summed E-state index contributed by atoms with van der Waals surface area (Å²) in [5.41, 5.74) is 0.890. The van der Waals surface area contributed by atoms with Crippen molar-refractivity contribution in [1.29, 1.82) is 0 Å². The van der Waals surface area contributed by atoms with Gasteiger partial charge in [0.1, 0.15) is 0 Å². The Morgan fingerprint density at radius 3 is 2.48 bits per heavy atom. The second kappa shape index (κ2) is 6.77. The number of hydrogen-bond donors (Lipinski definition) is 1. The minimum absolute atomic E-state index is 0.181. The molecule has 1 saturated carbocycles. The smallest absolute Gasteiger partial charge is 0.314 e. The Balaban J connectivity index is 1.93. The van der Waals surface area contributed by atoms with Crippen molar-refractivity contribution in [1.82, 2.24) is 20.3 Å². The monoisotopic (exact) mass is 304 g/mol. The summed E-state index contributed by atoms with van der Waals surface area (Å²) in [4.78, 5) is 0. The van der Waals surface area contributed by atoms with Gasteiger partial charge < -0.3 is 5.32 Å². The Morgan fingerprint density at radius 2 is 2.00 bits per heavy atom. The number of aromatic nitrogens is 3. The first kappa shape index (κ1) is 16.3. The van der Waals surface area contributed by atoms with E-state index in [9.17, 15) is 13.2 Å². The lowest BCUT2D eigenvalue weighted by Crippen LogP contribution is -2.41. The topological polar surface area (TPSA) is 42.7 Å². The highest BCUT2D eigenvalue weighted by Crippen LogP contribution is 2.40. The molecule has 1 heterocycles. The summed E-state index contributed by atoms with van der Waals surface area (Å²) in [6, 6.07) is 0.181. The van der Waals surface area contributed by atoms with Crippen molar-refractivity contribution >= 4 is 0 Å². The van der Waals surface area contributed by atoms with E-state index >= 15 is 0 Å². The minimum Gasteiger partial charge on any atom is -0.314 e. The van der Waals surface area contributed by atoms with Crippen LogP contribution in [0.15, 0.2) is 6.20 Å². The maximum atomic E-state index is 12.7. The summed E-state index contributed by atoms with van der Waals surface area (Å²) in [6.45, 7) is 2.83. The van der Waals surface area contributed by atoms with Crippen molar-refractivity contribution in [2.24, 2.45) is 18.9 Å². The van der Waals surface area contributed by atoms with Gasteiger partial charge in [-0.3, -0.25) is 4.68 Å². The molecule has 1 atom stereocenters. The molecule has 1 unspecified atom stereocenters. The van der Waals surface area contributed by atoms with Gasteiger partial charge in [-0.25, -0.2) is 0 Å². The molecule has 2 rings (SSSR count). The first-order chi connectivity index (χ1) is 9.90. The fourth-order valence-corrected chi connectivity index (χ4v) is 3.23. The molecule has 0 spiro atoms. The van der Waals surface area contributed by atoms with Gasteiger partial charge in [0.2, 0.25) is 0 Å². The van der Waals surface area contributed by atoms with Crippen LogP contribution in [0.5, 0.6) is 0 Å². The maximum absolute atomic E-state index is 12.7. The quantitative estimate of drug-likeness (QED) is 0.909. The molecule has 21 heavy (non-hydrogen) atoms. The van der Waals surface area contributed by atoms with Gasteiger partial charge in [-0.05, 0) is 38.1 Å². The van der Waals surface area contributed by atoms with Crippen LogP contribution in [-0.4, -0.2) is 33.8 Å². The molecule has 1 aromatic heterocycles. The number of rotatable bonds is 5. The number of likely N-dealkylation sites (N-methyl/N-ethyl adjacent to an activating group) is 1. The van der Waals surface area contributed by atoms with Gasteiger partial charge in [-0.15, -0.1) is 5.10 Å². The van der Waals surface area contributed by atoms with Crippen LogP contribution in [0.1, 0.15) is 38.3 Å². The van der Waals surface area contributed by atoms with E-state index in [0.29, 0.717) is 12.8 Å². The molecule has 0 aromatic carbocycles. The molecule has 0 saturated heterocycles. The molecule has 0 bridgehead atoms. The van der Waals surface area contributed by atoms with E-state index in [4.69, 9.17) is 0 Å². The fourth-order valence-electron chi connectivity index (χ4n) is 3.23. The summed E-state index contributed by atoms with van der Waals surface area (Å²) in [5.74, 6) is -0.835. The molecule has 1 fully saturated rings. The van der Waals surface area contributed by atoms with Gasteiger partial charge in [0, 0.05) is 25.7 Å². The largest absolute Gasteiger partial charge is 0.391 e. The van der Waals surface area contributed by atoms with Crippen LogP contribution in [0, 0.1) is 11.8 Å². The van der Waals surface area contributed by atoms with Crippen molar-refractivity contribution in [2.45, 2.75) is 51.2 Å². The zero-order valence-electron chi connectivity index (χ0n) is 12.5. The van der Waals surface area contributed by atoms with Gasteiger partial charge in [-0.1, -0.05) is 12.1 Å². The Hall–Kier alpha value is -1.11. The Labute approximate surface area is 123 Å². The third kappa shape index (κ3) is 4.43. The molecular formula is C14H23F3N4. The Morgan fingerprint density at radius 1 is 1.33 bits per heavy atom. The van der Waals surface area contributed by atoms with Gasteiger partial charge in [0.25, 0.3) is 0 Å². The van der Waals surface area contributed by atoms with Crippen molar-refractivity contribution in [3.8, 4) is 0 Å². The van der Waals surface area contributed by atoms with E-state index in [2.05, 4.69) is 15.6 Å². The highest BCUT2D eigenvalue weighted by molar-refractivity contribution is 4.98. The molecule has 120 valence electrons. The van der Waals surface area contributed by atoms with Crippen molar-refractivity contribution < 1.29 is 13.2 Å². The van der Waals surface area contributed by atoms with Crippen molar-refractivity contribution in [3.05, 3.63) is 11.9 Å². The molecule has 1 aliphatic rings. The molecular weight excluding hydrogens is 281 g/mol. The maximum Gasteiger partial charge on any atom is 0.391 e. The standard InChI is InChI=1S/C14H23F3N4/c1-3-18-13(8-12-9-21(2)20-19-12)10-4-6-11(7-5-10)14(15,16)17/h9-11,13,18H,3-8H2,1-2H3. The Bertz CT molecular complexity index is 436. The second-order valence-corrected chi connectivity index (χ2v) is 5.91. The summed E-state index contributed by atoms with van der Waals surface area (Å²) < 4.78 is 39.8. The molecule has 4 nitrogen and oxygen atoms in total. The van der Waals surface area contributed by atoms with Crippen LogP contribution in [-0.2, 0) is 13.5 Å². The van der Waals surface area contributed by atoms with E-state index in [1.807, 2.05) is 20.2 Å². The zero-order chi connectivity index (χ0) is 15.5. The fraction of sp³-hybridized carbons (Fsp3) is 0.857. The predicted molar refractivity (Wildman–Crippen MR) is 73.7 cm³/mol. The average Bonchev–Trinajstić information content (AvgIpc) is 2.83. The summed E-state index contributed by atoms with van der Waals surface area (Å²) >= 11 is 0. The predicted octanol–water partition coefficient (Wildman–Crippen LogP) is 2.70. The van der Waals surface area contributed by atoms with Crippen LogP contribution in [0.2, 0.25) is 0 Å². The van der Waals surface area contributed by atoms with Crippen LogP contribution < -0.4 is 5.32 Å². The van der Waals surface area contributed by atoms with Gasteiger partial charge in [0.05, 0.1) is 11.6 Å². The minimum atomic E-state index is -4.04. The first-order valence-electron chi connectivity index (χ1n) is 7.55. The highest BCUT2D eigenvalue weighted by Gasteiger charge is 2.42. The van der Waals surface area contributed by atoms with Crippen LogP contribution >= 0.6 is 0 Å². The number of aryl methyl sites for hydroxylation is 1. The third-order valence-electron chi connectivity index (χ3n) is 4.35. The molecule has 1 N–H and O–H groups in total. The number of nitrogens with zero attached hydrogens (tertiary/aromatic N) is 3. The number of halogens is 3. The van der Waals surface area contributed by atoms with Crippen molar-refractivity contribution in [3.63, 3.8) is 0 Å². The van der Waals surface area contributed by atoms with Gasteiger partial charge in [0.15, 0.2) is 0 Å². The molecule has 7 heteroatoms. The van der Waals surface area contributed by atoms with Crippen LogP contribution in [0.4, 0.5) is 13.2 Å². The van der Waals surface area contributed by atoms with Gasteiger partial charge in [-0.2, -0.15) is 13.2 Å². The lowest BCUT2D eigenvalue weighted by Gasteiger charge is -2.34. The summed E-state index contributed by atoms with van der Waals surface area (Å²) in [6.07, 6.45) is 0.301. The Kier molecular flexibility index (Phi) is 5.24. The second-order valence-electron chi connectivity index (χ2n) is 5.91. The van der Waals surface area contributed by atoms with Gasteiger partial charge >= 0.3 is 6.18 Å². The first-order valence-corrected chi connectivity index (χ1v) is 7.55.